The standard InChI is InChI=1S/C13H20N2O4/c1-17-12(18-2)10-15-13(16)14-8-9-19-11-6-4-3-5-7-11/h3-7,12H,8-10H2,1-2H3,(H2,14,15,16). The number of carbonyl (C=O) groups is 1. The molecule has 0 heterocycles. The molecule has 6 heteroatoms. The third-order valence-corrected chi connectivity index (χ3v) is 2.35. The van der Waals surface area contributed by atoms with Crippen molar-refractivity contribution in [2.24, 2.45) is 0 Å². The molecule has 6 nitrogen and oxygen atoms in total. The molecule has 0 aromatic heterocycles. The highest BCUT2D eigenvalue weighted by Crippen LogP contribution is 2.07. The number of urea groups is 1. The zero-order valence-corrected chi connectivity index (χ0v) is 11.2. The molecule has 0 fully saturated rings. The van der Waals surface area contributed by atoms with Crippen molar-refractivity contribution in [2.45, 2.75) is 6.29 Å². The van der Waals surface area contributed by atoms with Crippen molar-refractivity contribution in [3.8, 4) is 5.75 Å². The largest absolute Gasteiger partial charge is 0.492 e. The molecule has 0 saturated heterocycles. The molecule has 1 rings (SSSR count). The lowest BCUT2D eigenvalue weighted by atomic mass is 10.3. The predicted octanol–water partition coefficient (Wildman–Crippen LogP) is 0.983. The molecule has 0 bridgehead atoms. The summed E-state index contributed by atoms with van der Waals surface area (Å²) in [7, 11) is 3.03. The van der Waals surface area contributed by atoms with Crippen molar-refractivity contribution in [2.75, 3.05) is 33.9 Å². The maximum Gasteiger partial charge on any atom is 0.315 e. The molecule has 0 aliphatic carbocycles. The minimum Gasteiger partial charge on any atom is -0.492 e. The van der Waals surface area contributed by atoms with Gasteiger partial charge in [0.1, 0.15) is 12.4 Å². The number of hydrogen-bond donors (Lipinski definition) is 2. The van der Waals surface area contributed by atoms with Crippen molar-refractivity contribution in [1.29, 1.82) is 0 Å². The Bertz CT molecular complexity index is 355. The molecule has 0 aliphatic rings. The minimum atomic E-state index is -0.439. The molecule has 2 amide bonds. The molecule has 0 aliphatic heterocycles. The first-order valence-corrected chi connectivity index (χ1v) is 6.01. The van der Waals surface area contributed by atoms with Gasteiger partial charge >= 0.3 is 6.03 Å². The number of rotatable bonds is 8. The molecule has 0 radical (unpaired) electrons. The van der Waals surface area contributed by atoms with E-state index in [0.29, 0.717) is 19.7 Å². The van der Waals surface area contributed by atoms with Crippen LogP contribution in [0.15, 0.2) is 30.3 Å². The lowest BCUT2D eigenvalue weighted by Gasteiger charge is -2.14. The van der Waals surface area contributed by atoms with E-state index in [0.717, 1.165) is 5.75 Å². The molecule has 0 spiro atoms. The maximum absolute atomic E-state index is 11.4. The summed E-state index contributed by atoms with van der Waals surface area (Å²) in [5.74, 6) is 0.781. The SMILES string of the molecule is COC(CNC(=O)NCCOc1ccccc1)OC. The summed E-state index contributed by atoms with van der Waals surface area (Å²) in [6, 6.07) is 9.15. The van der Waals surface area contributed by atoms with E-state index in [4.69, 9.17) is 14.2 Å². The van der Waals surface area contributed by atoms with Gasteiger partial charge < -0.3 is 24.8 Å². The van der Waals surface area contributed by atoms with E-state index >= 15 is 0 Å². The monoisotopic (exact) mass is 268 g/mol. The Hall–Kier alpha value is -1.79. The first-order chi connectivity index (χ1) is 9.26. The molecule has 106 valence electrons. The van der Waals surface area contributed by atoms with E-state index in [1.807, 2.05) is 30.3 Å². The summed E-state index contributed by atoms with van der Waals surface area (Å²) in [6.45, 7) is 1.12. The number of nitrogens with one attached hydrogen (secondary N) is 2. The molecule has 1 aromatic rings. The van der Waals surface area contributed by atoms with Crippen LogP contribution in [0.5, 0.6) is 5.75 Å². The zero-order chi connectivity index (χ0) is 13.9. The fourth-order valence-electron chi connectivity index (χ4n) is 1.35. The fraction of sp³-hybridized carbons (Fsp3) is 0.462. The van der Waals surface area contributed by atoms with E-state index < -0.39 is 6.29 Å². The number of ether oxygens (including phenoxy) is 3. The molecule has 19 heavy (non-hydrogen) atoms. The van der Waals surface area contributed by atoms with Gasteiger partial charge in [0.2, 0.25) is 0 Å². The van der Waals surface area contributed by atoms with Crippen LogP contribution >= 0.6 is 0 Å². The van der Waals surface area contributed by atoms with Gasteiger partial charge in [-0.2, -0.15) is 0 Å². The normalized spacial score (nSPS) is 10.3. The topological polar surface area (TPSA) is 68.8 Å². The van der Waals surface area contributed by atoms with Crippen LogP contribution in [0.25, 0.3) is 0 Å². The van der Waals surface area contributed by atoms with Gasteiger partial charge in [-0.25, -0.2) is 4.79 Å². The van der Waals surface area contributed by atoms with Crippen LogP contribution in [0.1, 0.15) is 0 Å². The second-order valence-corrected chi connectivity index (χ2v) is 3.70. The van der Waals surface area contributed by atoms with Crippen LogP contribution in [0.3, 0.4) is 0 Å². The number of para-hydroxylation sites is 1. The van der Waals surface area contributed by atoms with Crippen molar-refractivity contribution >= 4 is 6.03 Å². The van der Waals surface area contributed by atoms with E-state index in [-0.39, 0.29) is 6.03 Å². The molecule has 2 N–H and O–H groups in total. The van der Waals surface area contributed by atoms with Crippen LogP contribution < -0.4 is 15.4 Å². The average Bonchev–Trinajstić information content (AvgIpc) is 2.46. The van der Waals surface area contributed by atoms with Gasteiger partial charge in [-0.3, -0.25) is 0 Å². The van der Waals surface area contributed by atoms with Gasteiger partial charge in [-0.05, 0) is 12.1 Å². The first kappa shape index (κ1) is 15.3. The molecule has 0 saturated carbocycles. The molecular weight excluding hydrogens is 248 g/mol. The number of methoxy groups -OCH3 is 2. The second kappa shape index (κ2) is 9.18. The lowest BCUT2D eigenvalue weighted by molar-refractivity contribution is -0.0971. The number of carbonyl (C=O) groups excluding carboxylic acids is 1. The van der Waals surface area contributed by atoms with Crippen molar-refractivity contribution in [3.05, 3.63) is 30.3 Å². The third-order valence-electron chi connectivity index (χ3n) is 2.35. The highest BCUT2D eigenvalue weighted by molar-refractivity contribution is 5.73. The van der Waals surface area contributed by atoms with Gasteiger partial charge in [0, 0.05) is 14.2 Å². The highest BCUT2D eigenvalue weighted by Gasteiger charge is 2.06. The number of hydrogen-bond acceptors (Lipinski definition) is 4. The lowest BCUT2D eigenvalue weighted by Crippen LogP contribution is -2.42. The highest BCUT2D eigenvalue weighted by atomic mass is 16.7. The van der Waals surface area contributed by atoms with E-state index in [9.17, 15) is 4.79 Å². The summed E-state index contributed by atoms with van der Waals surface area (Å²) < 4.78 is 15.3. The molecule has 0 atom stereocenters. The van der Waals surface area contributed by atoms with Crippen molar-refractivity contribution < 1.29 is 19.0 Å². The maximum atomic E-state index is 11.4. The Labute approximate surface area is 113 Å². The number of benzene rings is 1. The summed E-state index contributed by atoms with van der Waals surface area (Å²) in [5, 5.41) is 5.30. The van der Waals surface area contributed by atoms with E-state index in [1.54, 1.807) is 0 Å². The second-order valence-electron chi connectivity index (χ2n) is 3.70. The van der Waals surface area contributed by atoms with Crippen LogP contribution in [0, 0.1) is 0 Å². The molecule has 0 unspecified atom stereocenters. The van der Waals surface area contributed by atoms with Gasteiger partial charge in [-0.15, -0.1) is 0 Å². The van der Waals surface area contributed by atoms with Gasteiger partial charge in [0.05, 0.1) is 13.1 Å². The smallest absolute Gasteiger partial charge is 0.315 e. The van der Waals surface area contributed by atoms with Crippen molar-refractivity contribution in [1.82, 2.24) is 10.6 Å². The van der Waals surface area contributed by atoms with Gasteiger partial charge in [0.15, 0.2) is 6.29 Å². The minimum absolute atomic E-state index is 0.282. The van der Waals surface area contributed by atoms with Crippen LogP contribution in [-0.2, 0) is 9.47 Å². The van der Waals surface area contributed by atoms with Crippen LogP contribution in [0.2, 0.25) is 0 Å². The van der Waals surface area contributed by atoms with E-state index in [2.05, 4.69) is 10.6 Å². The third kappa shape index (κ3) is 6.64. The van der Waals surface area contributed by atoms with Crippen LogP contribution in [0.4, 0.5) is 4.79 Å². The number of amides is 2. The summed E-state index contributed by atoms with van der Waals surface area (Å²) in [5.41, 5.74) is 0. The van der Waals surface area contributed by atoms with Gasteiger partial charge in [-0.1, -0.05) is 18.2 Å². The quantitative estimate of drug-likeness (QED) is 0.545. The predicted molar refractivity (Wildman–Crippen MR) is 71.1 cm³/mol. The first-order valence-electron chi connectivity index (χ1n) is 6.01. The zero-order valence-electron chi connectivity index (χ0n) is 11.2. The summed E-state index contributed by atoms with van der Waals surface area (Å²) in [4.78, 5) is 11.4. The molecular formula is C13H20N2O4. The van der Waals surface area contributed by atoms with E-state index in [1.165, 1.54) is 14.2 Å². The Morgan fingerprint density at radius 1 is 1.16 bits per heavy atom. The Kier molecular flexibility index (Phi) is 7.38. The Morgan fingerprint density at radius 2 is 1.84 bits per heavy atom. The summed E-state index contributed by atoms with van der Waals surface area (Å²) in [6.07, 6.45) is -0.439. The van der Waals surface area contributed by atoms with Crippen molar-refractivity contribution in [3.63, 3.8) is 0 Å². The summed E-state index contributed by atoms with van der Waals surface area (Å²) >= 11 is 0. The fourth-order valence-corrected chi connectivity index (χ4v) is 1.35. The van der Waals surface area contributed by atoms with Crippen LogP contribution in [-0.4, -0.2) is 46.2 Å². The van der Waals surface area contributed by atoms with Gasteiger partial charge in [0.25, 0.3) is 0 Å². The molecule has 1 aromatic carbocycles. The average molecular weight is 268 g/mol. The Balaban J connectivity index is 2.07. The Morgan fingerprint density at radius 3 is 2.47 bits per heavy atom.